The highest BCUT2D eigenvalue weighted by molar-refractivity contribution is 6.39. The van der Waals surface area contributed by atoms with Crippen LogP contribution in [0.5, 0.6) is 11.5 Å². The van der Waals surface area contributed by atoms with Crippen LogP contribution < -0.4 is 15.0 Å². The van der Waals surface area contributed by atoms with Crippen molar-refractivity contribution in [2.75, 3.05) is 11.5 Å². The van der Waals surface area contributed by atoms with E-state index in [9.17, 15) is 29.6 Å². The summed E-state index contributed by atoms with van der Waals surface area (Å²) in [6.45, 7) is 3.71. The number of ether oxygens (including phenoxy) is 1. The number of aryl methyl sites for hydroxylation is 1. The minimum atomic E-state index is -0.940. The molecule has 0 bridgehead atoms. The minimum absolute atomic E-state index is 0.0714. The van der Waals surface area contributed by atoms with Crippen LogP contribution >= 0.6 is 0 Å². The van der Waals surface area contributed by atoms with E-state index in [1.807, 2.05) is 6.92 Å². The van der Waals surface area contributed by atoms with Crippen LogP contribution in [0.3, 0.4) is 0 Å². The SMILES string of the molecule is CCOc1cc(/C=C2\C(=O)NC(=O)N(c3ccc(CC)cc3)C2=O)cc([N+](=O)[O-])c1O. The minimum Gasteiger partial charge on any atom is -0.500 e. The van der Waals surface area contributed by atoms with Crippen molar-refractivity contribution in [3.8, 4) is 11.5 Å². The van der Waals surface area contributed by atoms with Crippen LogP contribution in [0.1, 0.15) is 25.0 Å². The van der Waals surface area contributed by atoms with Gasteiger partial charge in [0.25, 0.3) is 11.8 Å². The van der Waals surface area contributed by atoms with E-state index in [0.717, 1.165) is 29.0 Å². The van der Waals surface area contributed by atoms with Crippen molar-refractivity contribution in [1.82, 2.24) is 5.32 Å². The van der Waals surface area contributed by atoms with Gasteiger partial charge in [0.2, 0.25) is 5.75 Å². The number of rotatable bonds is 6. The lowest BCUT2D eigenvalue weighted by Gasteiger charge is -2.26. The predicted octanol–water partition coefficient (Wildman–Crippen LogP) is 2.93. The monoisotopic (exact) mass is 425 g/mol. The second kappa shape index (κ2) is 8.66. The average Bonchev–Trinajstić information content (AvgIpc) is 2.73. The molecule has 1 fully saturated rings. The van der Waals surface area contributed by atoms with E-state index < -0.39 is 39.8 Å². The van der Waals surface area contributed by atoms with Gasteiger partial charge in [-0.3, -0.25) is 25.0 Å². The van der Waals surface area contributed by atoms with Gasteiger partial charge in [0.15, 0.2) is 5.75 Å². The Labute approximate surface area is 176 Å². The number of nitrogens with one attached hydrogen (secondary N) is 1. The Balaban J connectivity index is 2.06. The second-order valence-corrected chi connectivity index (χ2v) is 6.55. The van der Waals surface area contributed by atoms with Gasteiger partial charge in [0, 0.05) is 6.07 Å². The highest BCUT2D eigenvalue weighted by atomic mass is 16.6. The van der Waals surface area contributed by atoms with Gasteiger partial charge in [0.1, 0.15) is 5.57 Å². The van der Waals surface area contributed by atoms with Gasteiger partial charge < -0.3 is 9.84 Å². The van der Waals surface area contributed by atoms with Gasteiger partial charge in [-0.05, 0) is 48.7 Å². The maximum atomic E-state index is 13.0. The molecule has 2 aromatic rings. The Hall–Kier alpha value is -4.21. The molecule has 0 saturated carbocycles. The quantitative estimate of drug-likeness (QED) is 0.314. The van der Waals surface area contributed by atoms with Gasteiger partial charge in [-0.2, -0.15) is 0 Å². The molecule has 1 saturated heterocycles. The number of urea groups is 1. The summed E-state index contributed by atoms with van der Waals surface area (Å²) in [5, 5.41) is 23.4. The molecule has 0 atom stereocenters. The molecule has 1 heterocycles. The fraction of sp³-hybridized carbons (Fsp3) is 0.190. The van der Waals surface area contributed by atoms with Crippen LogP contribution in [0, 0.1) is 10.1 Å². The summed E-state index contributed by atoms with van der Waals surface area (Å²) in [7, 11) is 0. The Kier molecular flexibility index (Phi) is 6.00. The number of phenolic OH excluding ortho intramolecular Hbond substituents is 1. The number of carbonyl (C=O) groups excluding carboxylic acids is 3. The maximum Gasteiger partial charge on any atom is 0.335 e. The number of phenols is 1. The first-order chi connectivity index (χ1) is 14.8. The third-order valence-electron chi connectivity index (χ3n) is 4.59. The lowest BCUT2D eigenvalue weighted by Crippen LogP contribution is -2.54. The molecular formula is C21H19N3O7. The van der Waals surface area contributed by atoms with Crippen molar-refractivity contribution >= 4 is 35.3 Å². The topological polar surface area (TPSA) is 139 Å². The van der Waals surface area contributed by atoms with Gasteiger partial charge >= 0.3 is 11.7 Å². The number of hydrogen-bond acceptors (Lipinski definition) is 7. The average molecular weight is 425 g/mol. The lowest BCUT2D eigenvalue weighted by molar-refractivity contribution is -0.386. The number of aromatic hydroxyl groups is 1. The number of benzene rings is 2. The first-order valence-electron chi connectivity index (χ1n) is 9.41. The number of carbonyl (C=O) groups is 3. The standard InChI is InChI=1S/C21H19N3O7/c1-3-12-5-7-14(8-6-12)23-20(27)15(19(26)22-21(23)28)9-13-10-16(24(29)30)18(25)17(11-13)31-4-2/h5-11,25H,3-4H2,1-2H3,(H,22,26,28)/b15-9+. The summed E-state index contributed by atoms with van der Waals surface area (Å²) in [5.41, 5.74) is 0.290. The van der Waals surface area contributed by atoms with E-state index in [0.29, 0.717) is 0 Å². The summed E-state index contributed by atoms with van der Waals surface area (Å²) in [6.07, 6.45) is 1.87. The zero-order valence-electron chi connectivity index (χ0n) is 16.7. The molecule has 0 radical (unpaired) electrons. The normalized spacial score (nSPS) is 15.2. The number of hydrogen-bond donors (Lipinski definition) is 2. The van der Waals surface area contributed by atoms with Crippen molar-refractivity contribution < 1.29 is 29.2 Å². The van der Waals surface area contributed by atoms with Gasteiger partial charge in [-0.15, -0.1) is 0 Å². The molecule has 0 spiro atoms. The highest BCUT2D eigenvalue weighted by Gasteiger charge is 2.37. The number of nitrogens with zero attached hydrogens (tertiary/aromatic N) is 2. The van der Waals surface area contributed by atoms with Crippen molar-refractivity contribution in [3.63, 3.8) is 0 Å². The number of imide groups is 2. The molecule has 1 aliphatic rings. The molecular weight excluding hydrogens is 406 g/mol. The largest absolute Gasteiger partial charge is 0.500 e. The smallest absolute Gasteiger partial charge is 0.335 e. The summed E-state index contributed by atoms with van der Waals surface area (Å²) in [4.78, 5) is 48.8. The number of amides is 4. The zero-order chi connectivity index (χ0) is 22.7. The summed E-state index contributed by atoms with van der Waals surface area (Å²) in [5.74, 6) is -2.66. The van der Waals surface area contributed by atoms with E-state index in [4.69, 9.17) is 4.74 Å². The van der Waals surface area contributed by atoms with Crippen LogP contribution in [0.25, 0.3) is 6.08 Å². The first-order valence-corrected chi connectivity index (χ1v) is 9.41. The molecule has 0 aromatic heterocycles. The zero-order valence-corrected chi connectivity index (χ0v) is 16.7. The van der Waals surface area contributed by atoms with Crippen LogP contribution in [0.15, 0.2) is 42.0 Å². The molecule has 10 nitrogen and oxygen atoms in total. The molecule has 0 aliphatic carbocycles. The molecule has 4 amide bonds. The fourth-order valence-electron chi connectivity index (χ4n) is 3.04. The number of nitro benzene ring substituents is 1. The second-order valence-electron chi connectivity index (χ2n) is 6.55. The van der Waals surface area contributed by atoms with Crippen LogP contribution in [-0.2, 0) is 16.0 Å². The third-order valence-corrected chi connectivity index (χ3v) is 4.59. The molecule has 31 heavy (non-hydrogen) atoms. The summed E-state index contributed by atoms with van der Waals surface area (Å²) < 4.78 is 5.21. The Bertz CT molecular complexity index is 1110. The Morgan fingerprint density at radius 3 is 2.42 bits per heavy atom. The van der Waals surface area contributed by atoms with E-state index >= 15 is 0 Å². The number of anilines is 1. The predicted molar refractivity (Wildman–Crippen MR) is 111 cm³/mol. The summed E-state index contributed by atoms with van der Waals surface area (Å²) >= 11 is 0. The van der Waals surface area contributed by atoms with E-state index in [1.165, 1.54) is 6.07 Å². The Morgan fingerprint density at radius 2 is 1.84 bits per heavy atom. The highest BCUT2D eigenvalue weighted by Crippen LogP contribution is 2.38. The lowest BCUT2D eigenvalue weighted by atomic mass is 10.0. The molecule has 2 aromatic carbocycles. The molecule has 10 heteroatoms. The van der Waals surface area contributed by atoms with Crippen LogP contribution in [0.4, 0.5) is 16.2 Å². The third kappa shape index (κ3) is 4.22. The van der Waals surface area contributed by atoms with Crippen molar-refractivity contribution in [2.24, 2.45) is 0 Å². The molecule has 2 N–H and O–H groups in total. The summed E-state index contributed by atoms with van der Waals surface area (Å²) in [6, 6.07) is 8.05. The first kappa shape index (κ1) is 21.5. The van der Waals surface area contributed by atoms with Crippen LogP contribution in [-0.4, -0.2) is 34.5 Å². The molecule has 160 valence electrons. The van der Waals surface area contributed by atoms with Crippen molar-refractivity contribution in [3.05, 3.63) is 63.2 Å². The van der Waals surface area contributed by atoms with Gasteiger partial charge in [-0.1, -0.05) is 19.1 Å². The van der Waals surface area contributed by atoms with E-state index in [1.54, 1.807) is 31.2 Å². The maximum absolute atomic E-state index is 13.0. The van der Waals surface area contributed by atoms with Crippen molar-refractivity contribution in [2.45, 2.75) is 20.3 Å². The van der Waals surface area contributed by atoms with Crippen molar-refractivity contribution in [1.29, 1.82) is 0 Å². The number of barbiturate groups is 1. The van der Waals surface area contributed by atoms with Gasteiger partial charge in [-0.25, -0.2) is 9.69 Å². The number of nitro groups is 1. The van der Waals surface area contributed by atoms with E-state index in [-0.39, 0.29) is 23.6 Å². The molecule has 3 rings (SSSR count). The fourth-order valence-corrected chi connectivity index (χ4v) is 3.04. The van der Waals surface area contributed by atoms with Gasteiger partial charge in [0.05, 0.1) is 17.2 Å². The molecule has 0 unspecified atom stereocenters. The Morgan fingerprint density at radius 1 is 1.16 bits per heavy atom. The van der Waals surface area contributed by atoms with Crippen LogP contribution in [0.2, 0.25) is 0 Å². The molecule has 1 aliphatic heterocycles. The van der Waals surface area contributed by atoms with E-state index in [2.05, 4.69) is 5.32 Å².